The van der Waals surface area contributed by atoms with E-state index in [1.54, 1.807) is 23.5 Å². The van der Waals surface area contributed by atoms with Crippen LogP contribution in [0.25, 0.3) is 0 Å². The lowest BCUT2D eigenvalue weighted by Crippen LogP contribution is -2.57. The summed E-state index contributed by atoms with van der Waals surface area (Å²) in [6.07, 6.45) is 1.64. The van der Waals surface area contributed by atoms with E-state index >= 15 is 0 Å². The third-order valence-corrected chi connectivity index (χ3v) is 8.74. The Kier molecular flexibility index (Phi) is 7.72. The van der Waals surface area contributed by atoms with Gasteiger partial charge in [0.25, 0.3) is 0 Å². The average molecular weight is 520 g/mol. The maximum Gasteiger partial charge on any atom is 0.236 e. The topological polar surface area (TPSA) is 43.9 Å². The molecule has 1 saturated heterocycles. The molecule has 0 spiro atoms. The summed E-state index contributed by atoms with van der Waals surface area (Å²) < 4.78 is 14.1. The lowest BCUT2D eigenvalue weighted by Gasteiger charge is -2.42. The molecule has 2 aliphatic rings. The minimum Gasteiger partial charge on any atom is -0.338 e. The molecule has 37 heavy (non-hydrogen) atoms. The predicted octanol–water partition coefficient (Wildman–Crippen LogP) is 5.09. The summed E-state index contributed by atoms with van der Waals surface area (Å²) in [7, 11) is 0. The summed E-state index contributed by atoms with van der Waals surface area (Å²) in [4.78, 5) is 34.3. The minimum atomic E-state index is -0.262. The zero-order valence-electron chi connectivity index (χ0n) is 21.5. The lowest BCUT2D eigenvalue weighted by atomic mass is 9.93. The van der Waals surface area contributed by atoms with Crippen molar-refractivity contribution in [3.8, 4) is 0 Å². The van der Waals surface area contributed by atoms with Crippen LogP contribution in [0, 0.1) is 5.82 Å². The lowest BCUT2D eigenvalue weighted by molar-refractivity contribution is -0.144. The highest BCUT2D eigenvalue weighted by Gasteiger charge is 2.36. The number of nitrogens with zero attached hydrogens (tertiary/aromatic N) is 3. The minimum absolute atomic E-state index is 0.0492. The first-order valence-electron chi connectivity index (χ1n) is 13.1. The summed E-state index contributed by atoms with van der Waals surface area (Å²) in [5.74, 6) is -0.220. The van der Waals surface area contributed by atoms with E-state index < -0.39 is 0 Å². The van der Waals surface area contributed by atoms with Crippen molar-refractivity contribution >= 4 is 23.2 Å². The van der Waals surface area contributed by atoms with Crippen molar-refractivity contribution in [2.45, 2.75) is 44.7 Å². The van der Waals surface area contributed by atoms with Gasteiger partial charge in [0, 0.05) is 37.1 Å². The number of carbonyl (C=O) groups is 2. The third-order valence-electron chi connectivity index (χ3n) is 7.74. The summed E-state index contributed by atoms with van der Waals surface area (Å²) in [6, 6.07) is 18.6. The highest BCUT2D eigenvalue weighted by Crippen LogP contribution is 2.38. The van der Waals surface area contributed by atoms with Crippen LogP contribution in [0.4, 0.5) is 4.39 Å². The van der Waals surface area contributed by atoms with Crippen LogP contribution >= 0.6 is 11.3 Å². The monoisotopic (exact) mass is 519 g/mol. The summed E-state index contributed by atoms with van der Waals surface area (Å²) in [5.41, 5.74) is 3.09. The third kappa shape index (κ3) is 5.34. The molecule has 3 heterocycles. The first kappa shape index (κ1) is 25.6. The van der Waals surface area contributed by atoms with E-state index in [1.165, 1.54) is 16.5 Å². The maximum absolute atomic E-state index is 14.1. The predicted molar refractivity (Wildman–Crippen MR) is 145 cm³/mol. The zero-order valence-corrected chi connectivity index (χ0v) is 22.3. The standard InChI is InChI=1S/C30H34FN3O2S/c1-3-25(22-8-5-4-6-9-22)30(36)34-16-15-32(19-21(34)2)28(35)20-33-14-12-27-26(13-17-37-27)29(33)23-10-7-11-24(31)18-23/h4-11,13,17-18,21,25,29H,3,12,14-16,19-20H2,1-2H3/t21-,25-,29-/m0/s1. The van der Waals surface area contributed by atoms with Crippen molar-refractivity contribution in [2.24, 2.45) is 0 Å². The number of hydrogen-bond donors (Lipinski definition) is 0. The molecule has 5 nitrogen and oxygen atoms in total. The van der Waals surface area contributed by atoms with Crippen molar-refractivity contribution in [3.05, 3.63) is 93.4 Å². The Morgan fingerprint density at radius 3 is 2.59 bits per heavy atom. The van der Waals surface area contributed by atoms with Crippen molar-refractivity contribution in [3.63, 3.8) is 0 Å². The Morgan fingerprint density at radius 1 is 1.05 bits per heavy atom. The average Bonchev–Trinajstić information content (AvgIpc) is 3.38. The summed E-state index contributed by atoms with van der Waals surface area (Å²) >= 11 is 1.73. The van der Waals surface area contributed by atoms with Crippen LogP contribution in [0.5, 0.6) is 0 Å². The molecule has 3 atom stereocenters. The maximum atomic E-state index is 14.1. The number of amides is 2. The van der Waals surface area contributed by atoms with E-state index in [4.69, 9.17) is 0 Å². The van der Waals surface area contributed by atoms with Crippen LogP contribution < -0.4 is 0 Å². The van der Waals surface area contributed by atoms with E-state index in [0.717, 1.165) is 30.5 Å². The number of benzene rings is 2. The van der Waals surface area contributed by atoms with E-state index in [-0.39, 0.29) is 42.2 Å². The quantitative estimate of drug-likeness (QED) is 0.456. The molecule has 2 amide bonds. The van der Waals surface area contributed by atoms with Gasteiger partial charge in [-0.1, -0.05) is 49.4 Å². The van der Waals surface area contributed by atoms with E-state index in [2.05, 4.69) is 16.3 Å². The molecule has 0 radical (unpaired) electrons. The Balaban J connectivity index is 1.27. The van der Waals surface area contributed by atoms with Gasteiger partial charge in [-0.15, -0.1) is 11.3 Å². The number of halogens is 1. The number of rotatable bonds is 6. The van der Waals surface area contributed by atoms with Gasteiger partial charge in [-0.3, -0.25) is 14.5 Å². The van der Waals surface area contributed by atoms with Crippen LogP contribution in [0.1, 0.15) is 53.8 Å². The highest BCUT2D eigenvalue weighted by atomic mass is 32.1. The van der Waals surface area contributed by atoms with Gasteiger partial charge in [0.1, 0.15) is 5.82 Å². The van der Waals surface area contributed by atoms with Crippen molar-refractivity contribution < 1.29 is 14.0 Å². The van der Waals surface area contributed by atoms with Crippen LogP contribution in [-0.2, 0) is 16.0 Å². The van der Waals surface area contributed by atoms with Gasteiger partial charge in [-0.2, -0.15) is 0 Å². The largest absolute Gasteiger partial charge is 0.338 e. The molecular formula is C30H34FN3O2S. The second kappa shape index (κ2) is 11.2. The molecule has 1 aromatic heterocycles. The Hall–Kier alpha value is -3.03. The molecule has 2 aromatic carbocycles. The summed E-state index contributed by atoms with van der Waals surface area (Å²) in [6.45, 7) is 6.70. The number of thiophene rings is 1. The fourth-order valence-electron chi connectivity index (χ4n) is 5.83. The molecule has 2 aliphatic heterocycles. The van der Waals surface area contributed by atoms with E-state index in [1.807, 2.05) is 60.0 Å². The second-order valence-corrected chi connectivity index (χ2v) is 11.1. The van der Waals surface area contributed by atoms with Crippen LogP contribution in [0.15, 0.2) is 66.0 Å². The van der Waals surface area contributed by atoms with E-state index in [9.17, 15) is 14.0 Å². The van der Waals surface area contributed by atoms with E-state index in [0.29, 0.717) is 19.6 Å². The van der Waals surface area contributed by atoms with Crippen molar-refractivity contribution in [1.82, 2.24) is 14.7 Å². The first-order valence-corrected chi connectivity index (χ1v) is 14.0. The molecule has 0 unspecified atom stereocenters. The van der Waals surface area contributed by atoms with Gasteiger partial charge in [-0.05, 0) is 60.0 Å². The van der Waals surface area contributed by atoms with Gasteiger partial charge < -0.3 is 9.80 Å². The second-order valence-electron chi connectivity index (χ2n) is 10.1. The fourth-order valence-corrected chi connectivity index (χ4v) is 6.73. The molecule has 3 aromatic rings. The normalized spacial score (nSPS) is 20.9. The number of piperazine rings is 1. The Labute approximate surface area is 222 Å². The van der Waals surface area contributed by atoms with Crippen LogP contribution in [0.2, 0.25) is 0 Å². The molecule has 0 aliphatic carbocycles. The molecule has 194 valence electrons. The van der Waals surface area contributed by atoms with Crippen molar-refractivity contribution in [2.75, 3.05) is 32.7 Å². The molecule has 0 saturated carbocycles. The van der Waals surface area contributed by atoms with Gasteiger partial charge in [-0.25, -0.2) is 4.39 Å². The highest BCUT2D eigenvalue weighted by molar-refractivity contribution is 7.10. The van der Waals surface area contributed by atoms with Crippen LogP contribution in [-0.4, -0.2) is 65.3 Å². The zero-order chi connectivity index (χ0) is 25.9. The first-order chi connectivity index (χ1) is 18.0. The summed E-state index contributed by atoms with van der Waals surface area (Å²) in [5, 5.41) is 2.08. The Bertz CT molecular complexity index is 1250. The number of fused-ring (bicyclic) bond motifs is 1. The van der Waals surface area contributed by atoms with Gasteiger partial charge in [0.2, 0.25) is 11.8 Å². The van der Waals surface area contributed by atoms with Crippen LogP contribution in [0.3, 0.4) is 0 Å². The molecule has 0 bridgehead atoms. The van der Waals surface area contributed by atoms with Gasteiger partial charge in [0.05, 0.1) is 18.5 Å². The number of hydrogen-bond acceptors (Lipinski definition) is 4. The molecule has 1 fully saturated rings. The number of carbonyl (C=O) groups excluding carboxylic acids is 2. The fraction of sp³-hybridized carbons (Fsp3) is 0.400. The molecule has 5 rings (SSSR count). The Morgan fingerprint density at radius 2 is 1.86 bits per heavy atom. The van der Waals surface area contributed by atoms with Gasteiger partial charge >= 0.3 is 0 Å². The smallest absolute Gasteiger partial charge is 0.236 e. The van der Waals surface area contributed by atoms with Crippen molar-refractivity contribution in [1.29, 1.82) is 0 Å². The molecular weight excluding hydrogens is 485 g/mol. The SMILES string of the molecule is CC[C@H](C(=O)N1CCN(C(=O)CN2CCc3sccc3[C@@H]2c2cccc(F)c2)C[C@@H]1C)c1ccccc1. The van der Waals surface area contributed by atoms with Gasteiger partial charge in [0.15, 0.2) is 0 Å². The molecule has 0 N–H and O–H groups in total. The molecule has 7 heteroatoms.